The molecule has 0 amide bonds. The number of carbonyl (C=O) groups is 1. The Morgan fingerprint density at radius 1 is 1.47 bits per heavy atom. The predicted molar refractivity (Wildman–Crippen MR) is 58.8 cm³/mol. The Labute approximate surface area is 90.0 Å². The number of aryl methyl sites for hydroxylation is 1. The molecule has 0 aliphatic carbocycles. The molecule has 0 atom stereocenters. The minimum absolute atomic E-state index is 0.477. The van der Waals surface area contributed by atoms with Crippen LogP contribution in [0.3, 0.4) is 0 Å². The van der Waals surface area contributed by atoms with Gasteiger partial charge in [-0.1, -0.05) is 30.8 Å². The fraction of sp³-hybridized carbons (Fsp3) is 0.0909. The van der Waals surface area contributed by atoms with E-state index < -0.39 is 14.0 Å². The largest absolute Gasteiger partial charge is 0.285 e. The standard InChI is InChI=1S/C8H7O.C3H3O2P/c1-7-4-2-3-5-8(7)6-9;1-2-3(4)6-5/h2-5H,1H3;2H,1H2. The van der Waals surface area contributed by atoms with Crippen molar-refractivity contribution in [2.75, 3.05) is 0 Å². The van der Waals surface area contributed by atoms with Crippen molar-refractivity contribution in [3.8, 4) is 0 Å². The fourth-order valence-corrected chi connectivity index (χ4v) is 0.799. The monoisotopic (exact) mass is 221 g/mol. The lowest BCUT2D eigenvalue weighted by Gasteiger charge is -1.91. The molecule has 0 aliphatic heterocycles. The van der Waals surface area contributed by atoms with E-state index in [1.165, 1.54) is 0 Å². The van der Waals surface area contributed by atoms with Gasteiger partial charge < -0.3 is 0 Å². The van der Waals surface area contributed by atoms with Gasteiger partial charge in [0.15, 0.2) is 0 Å². The van der Waals surface area contributed by atoms with Crippen LogP contribution in [0.25, 0.3) is 0 Å². The summed E-state index contributed by atoms with van der Waals surface area (Å²) in [6, 6.07) is 7.37. The number of allylic oxidation sites excluding steroid dienone is 1. The second-order valence-electron chi connectivity index (χ2n) is 2.55. The van der Waals surface area contributed by atoms with Crippen LogP contribution < -0.4 is 0 Å². The first-order chi connectivity index (χ1) is 7.15. The van der Waals surface area contributed by atoms with Crippen LogP contribution in [0, 0.1) is 6.92 Å². The van der Waals surface area contributed by atoms with Crippen molar-refractivity contribution in [3.63, 3.8) is 0 Å². The van der Waals surface area contributed by atoms with Crippen molar-refractivity contribution in [2.45, 2.75) is 6.92 Å². The second-order valence-corrected chi connectivity index (χ2v) is 3.17. The second kappa shape index (κ2) is 7.77. The summed E-state index contributed by atoms with van der Waals surface area (Å²) in [5, 5.41) is 0. The highest BCUT2D eigenvalue weighted by molar-refractivity contribution is 7.46. The van der Waals surface area contributed by atoms with Crippen molar-refractivity contribution < 1.29 is 14.2 Å². The van der Waals surface area contributed by atoms with E-state index in [0.717, 1.165) is 11.6 Å². The molecule has 0 fully saturated rings. The third-order valence-electron chi connectivity index (χ3n) is 1.52. The van der Waals surface area contributed by atoms with Gasteiger partial charge in [-0.2, -0.15) is 0 Å². The summed E-state index contributed by atoms with van der Waals surface area (Å²) >= 11 is 0. The molecule has 77 valence electrons. The van der Waals surface area contributed by atoms with Crippen molar-refractivity contribution in [1.29, 1.82) is 0 Å². The van der Waals surface area contributed by atoms with Crippen LogP contribution in [-0.2, 0) is 14.2 Å². The van der Waals surface area contributed by atoms with E-state index in [4.69, 9.17) is 0 Å². The highest BCUT2D eigenvalue weighted by atomic mass is 31.1. The number of benzene rings is 1. The zero-order valence-corrected chi connectivity index (χ0v) is 9.16. The lowest BCUT2D eigenvalue weighted by molar-refractivity contribution is -0.107. The Kier molecular flexibility index (Phi) is 6.94. The molecular formula is C11H10O3P. The van der Waals surface area contributed by atoms with Crippen LogP contribution >= 0.6 is 8.46 Å². The van der Waals surface area contributed by atoms with E-state index in [9.17, 15) is 14.2 Å². The normalized spacial score (nSPS) is 8.60. The molecule has 3 nitrogen and oxygen atoms in total. The lowest BCUT2D eigenvalue weighted by atomic mass is 10.1. The Morgan fingerprint density at radius 2 is 2.07 bits per heavy atom. The maximum absolute atomic E-state index is 10.1. The minimum atomic E-state index is -0.479. The van der Waals surface area contributed by atoms with E-state index in [1.807, 2.05) is 31.4 Å². The van der Waals surface area contributed by atoms with E-state index in [-0.39, 0.29) is 0 Å². The summed E-state index contributed by atoms with van der Waals surface area (Å²) in [7, 11) is -0.479. The first kappa shape index (κ1) is 13.4. The van der Waals surface area contributed by atoms with Gasteiger partial charge in [0.2, 0.25) is 20.3 Å². The minimum Gasteiger partial charge on any atom is -0.285 e. The number of rotatable bonds is 3. The zero-order chi connectivity index (χ0) is 11.7. The zero-order valence-electron chi connectivity index (χ0n) is 8.27. The molecular weight excluding hydrogens is 211 g/mol. The van der Waals surface area contributed by atoms with Gasteiger partial charge in [0.05, 0.1) is 0 Å². The Bertz CT molecular complexity index is 362. The molecule has 1 rings (SSSR count). The molecule has 0 aliphatic rings. The summed E-state index contributed by atoms with van der Waals surface area (Å²) in [5.41, 5.74) is 1.15. The summed E-state index contributed by atoms with van der Waals surface area (Å²) in [6.45, 7) is 4.96. The number of hydrogen-bond acceptors (Lipinski definition) is 3. The first-order valence-corrected chi connectivity index (χ1v) is 4.90. The smallest absolute Gasteiger partial charge is 0.245 e. The van der Waals surface area contributed by atoms with Gasteiger partial charge in [0, 0.05) is 5.56 Å². The third-order valence-corrected chi connectivity index (χ3v) is 1.88. The fourth-order valence-electron chi connectivity index (χ4n) is 0.725. The summed E-state index contributed by atoms with van der Waals surface area (Å²) in [4.78, 5) is 19.8. The summed E-state index contributed by atoms with van der Waals surface area (Å²) < 4.78 is 9.41. The van der Waals surface area contributed by atoms with Crippen molar-refractivity contribution in [1.82, 2.24) is 0 Å². The molecule has 0 spiro atoms. The van der Waals surface area contributed by atoms with Crippen LogP contribution in [0.4, 0.5) is 0 Å². The molecule has 1 aromatic carbocycles. The molecule has 0 saturated heterocycles. The topological polar surface area (TPSA) is 51.2 Å². The SMILES string of the molecule is C=CC(=O)P=O.Cc1ccccc1[C]=O. The molecule has 0 heterocycles. The molecule has 1 aromatic rings. The molecule has 15 heavy (non-hydrogen) atoms. The maximum atomic E-state index is 10.1. The van der Waals surface area contributed by atoms with Gasteiger partial charge in [-0.3, -0.25) is 14.2 Å². The predicted octanol–water partition coefficient (Wildman–Crippen LogP) is 2.44. The Hall–Kier alpha value is -1.60. The van der Waals surface area contributed by atoms with E-state index >= 15 is 0 Å². The van der Waals surface area contributed by atoms with E-state index in [2.05, 4.69) is 6.58 Å². The highest BCUT2D eigenvalue weighted by Gasteiger charge is 1.91. The highest BCUT2D eigenvalue weighted by Crippen LogP contribution is 2.01. The van der Waals surface area contributed by atoms with Crippen LogP contribution in [0.5, 0.6) is 0 Å². The quantitative estimate of drug-likeness (QED) is 0.581. The Morgan fingerprint density at radius 3 is 2.33 bits per heavy atom. The average Bonchev–Trinajstić information content (AvgIpc) is 2.29. The molecule has 0 aromatic heterocycles. The van der Waals surface area contributed by atoms with Crippen LogP contribution in [0.2, 0.25) is 0 Å². The molecule has 0 unspecified atom stereocenters. The van der Waals surface area contributed by atoms with Gasteiger partial charge in [-0.15, -0.1) is 0 Å². The lowest BCUT2D eigenvalue weighted by Crippen LogP contribution is -1.82. The molecule has 0 saturated carbocycles. The molecule has 1 radical (unpaired) electrons. The molecule has 4 heteroatoms. The van der Waals surface area contributed by atoms with Gasteiger partial charge in [0.1, 0.15) is 0 Å². The summed E-state index contributed by atoms with van der Waals surface area (Å²) in [5.74, 6) is 0. The number of hydrogen-bond donors (Lipinski definition) is 0. The average molecular weight is 221 g/mol. The Balaban J connectivity index is 0.000000288. The van der Waals surface area contributed by atoms with Gasteiger partial charge in [-0.25, -0.2) is 0 Å². The van der Waals surface area contributed by atoms with Crippen molar-refractivity contribution >= 4 is 20.3 Å². The van der Waals surface area contributed by atoms with Crippen molar-refractivity contribution in [2.24, 2.45) is 0 Å². The van der Waals surface area contributed by atoms with Gasteiger partial charge in [-0.05, 0) is 18.6 Å². The van der Waals surface area contributed by atoms with E-state index in [0.29, 0.717) is 5.56 Å². The van der Waals surface area contributed by atoms with Crippen molar-refractivity contribution in [3.05, 3.63) is 48.0 Å². The maximum Gasteiger partial charge on any atom is 0.245 e. The van der Waals surface area contributed by atoms with Gasteiger partial charge >= 0.3 is 0 Å². The first-order valence-electron chi connectivity index (χ1n) is 4.09. The van der Waals surface area contributed by atoms with Crippen LogP contribution in [0.15, 0.2) is 36.9 Å². The summed E-state index contributed by atoms with van der Waals surface area (Å²) in [6.07, 6.45) is 2.85. The third kappa shape index (κ3) is 5.66. The number of carbonyl (C=O) groups excluding carboxylic acids is 2. The molecule has 0 N–H and O–H groups in total. The molecule has 0 bridgehead atoms. The van der Waals surface area contributed by atoms with Gasteiger partial charge in [0.25, 0.3) is 0 Å². The van der Waals surface area contributed by atoms with E-state index in [1.54, 1.807) is 6.07 Å². The van der Waals surface area contributed by atoms with Crippen LogP contribution in [0.1, 0.15) is 11.1 Å². The van der Waals surface area contributed by atoms with Crippen LogP contribution in [-0.4, -0.2) is 11.8 Å².